The Morgan fingerprint density at radius 2 is 2.00 bits per heavy atom. The van der Waals surface area contributed by atoms with Gasteiger partial charge in [0.2, 0.25) is 5.91 Å². The molecule has 26 heavy (non-hydrogen) atoms. The van der Waals surface area contributed by atoms with Crippen LogP contribution in [0.15, 0.2) is 46.9 Å². The second kappa shape index (κ2) is 7.69. The van der Waals surface area contributed by atoms with Crippen molar-refractivity contribution >= 4 is 34.6 Å². The van der Waals surface area contributed by atoms with Gasteiger partial charge in [-0.1, -0.05) is 13.0 Å². The molecule has 7 heteroatoms. The Balaban J connectivity index is 1.75. The molecule has 2 amide bonds. The van der Waals surface area contributed by atoms with Crippen molar-refractivity contribution in [3.8, 4) is 5.75 Å². The van der Waals surface area contributed by atoms with Gasteiger partial charge in [0.25, 0.3) is 5.91 Å². The van der Waals surface area contributed by atoms with E-state index < -0.39 is 0 Å². The number of hydrogen-bond donors (Lipinski definition) is 2. The van der Waals surface area contributed by atoms with Gasteiger partial charge < -0.3 is 14.5 Å². The van der Waals surface area contributed by atoms with Crippen LogP contribution < -0.4 is 15.4 Å². The van der Waals surface area contributed by atoms with Gasteiger partial charge in [0, 0.05) is 24.2 Å². The molecule has 3 aromatic rings. The summed E-state index contributed by atoms with van der Waals surface area (Å²) in [6.45, 7) is 4.03. The summed E-state index contributed by atoms with van der Waals surface area (Å²) in [7, 11) is 0. The maximum absolute atomic E-state index is 12.4. The summed E-state index contributed by atoms with van der Waals surface area (Å²) >= 11 is 0. The highest BCUT2D eigenvalue weighted by Gasteiger charge is 2.12. The number of carbonyl (C=O) groups excluding carboxylic acids is 2. The Morgan fingerprint density at radius 3 is 2.77 bits per heavy atom. The minimum Gasteiger partial charge on any atom is -0.494 e. The van der Waals surface area contributed by atoms with Gasteiger partial charge in [-0.3, -0.25) is 14.9 Å². The number of benzene rings is 2. The lowest BCUT2D eigenvalue weighted by atomic mass is 10.2. The third kappa shape index (κ3) is 4.18. The first-order chi connectivity index (χ1) is 12.5. The topological polar surface area (TPSA) is 93.5 Å². The number of rotatable bonds is 6. The number of nitrogens with zero attached hydrogens (tertiary/aromatic N) is 1. The number of aromatic nitrogens is 1. The predicted molar refractivity (Wildman–Crippen MR) is 98.5 cm³/mol. The van der Waals surface area contributed by atoms with Crippen molar-refractivity contribution in [2.75, 3.05) is 17.2 Å². The summed E-state index contributed by atoms with van der Waals surface area (Å²) in [6.07, 6.45) is 0.889. The molecule has 0 atom stereocenters. The van der Waals surface area contributed by atoms with Crippen molar-refractivity contribution < 1.29 is 18.7 Å². The quantitative estimate of drug-likeness (QED) is 0.702. The van der Waals surface area contributed by atoms with Crippen molar-refractivity contribution in [1.82, 2.24) is 4.98 Å². The van der Waals surface area contributed by atoms with Gasteiger partial charge in [0.05, 0.1) is 6.61 Å². The molecule has 2 N–H and O–H groups in total. The molecule has 0 aliphatic rings. The summed E-state index contributed by atoms with van der Waals surface area (Å²) in [5.41, 5.74) is 2.08. The fraction of sp³-hybridized carbons (Fsp3) is 0.211. The van der Waals surface area contributed by atoms with Crippen LogP contribution in [0.1, 0.15) is 30.6 Å². The highest BCUT2D eigenvalue weighted by molar-refractivity contribution is 6.03. The van der Waals surface area contributed by atoms with Crippen LogP contribution in [-0.2, 0) is 4.79 Å². The van der Waals surface area contributed by atoms with Crippen molar-refractivity contribution in [3.63, 3.8) is 0 Å². The smallest absolute Gasteiger partial charge is 0.302 e. The normalized spacial score (nSPS) is 10.5. The Hall–Kier alpha value is -3.35. The molecule has 2 aromatic carbocycles. The molecule has 0 saturated carbocycles. The van der Waals surface area contributed by atoms with Gasteiger partial charge in [-0.25, -0.2) is 0 Å². The van der Waals surface area contributed by atoms with Crippen LogP contribution in [-0.4, -0.2) is 23.4 Å². The zero-order valence-corrected chi connectivity index (χ0v) is 14.5. The molecule has 7 nitrogen and oxygen atoms in total. The third-order valence-electron chi connectivity index (χ3n) is 3.50. The van der Waals surface area contributed by atoms with Gasteiger partial charge in [0.1, 0.15) is 11.3 Å². The highest BCUT2D eigenvalue weighted by atomic mass is 16.5. The molecular formula is C19H19N3O4. The summed E-state index contributed by atoms with van der Waals surface area (Å²) in [5, 5.41) is 5.30. The van der Waals surface area contributed by atoms with Crippen LogP contribution in [0, 0.1) is 0 Å². The molecule has 1 heterocycles. The van der Waals surface area contributed by atoms with E-state index in [9.17, 15) is 9.59 Å². The number of anilines is 2. The zero-order valence-electron chi connectivity index (χ0n) is 14.5. The van der Waals surface area contributed by atoms with E-state index in [1.54, 1.807) is 42.5 Å². The summed E-state index contributed by atoms with van der Waals surface area (Å²) < 4.78 is 11.1. The second-order valence-corrected chi connectivity index (χ2v) is 5.71. The van der Waals surface area contributed by atoms with Crippen LogP contribution in [0.5, 0.6) is 5.75 Å². The van der Waals surface area contributed by atoms with Crippen LogP contribution in [0.2, 0.25) is 0 Å². The number of nitrogens with one attached hydrogen (secondary N) is 2. The monoisotopic (exact) mass is 353 g/mol. The minimum atomic E-state index is -0.347. The maximum atomic E-state index is 12.4. The van der Waals surface area contributed by atoms with Gasteiger partial charge in [-0.05, 0) is 36.8 Å². The fourth-order valence-electron chi connectivity index (χ4n) is 2.38. The summed E-state index contributed by atoms with van der Waals surface area (Å²) in [6, 6.07) is 12.1. The van der Waals surface area contributed by atoms with Crippen LogP contribution in [0.25, 0.3) is 11.1 Å². The number of oxazole rings is 1. The Morgan fingerprint density at radius 1 is 1.15 bits per heavy atom. The van der Waals surface area contributed by atoms with Crippen molar-refractivity contribution in [2.24, 2.45) is 0 Å². The molecule has 134 valence electrons. The number of ether oxygens (including phenoxy) is 1. The SMILES string of the molecule is CCCOc1cccc(C(=O)Nc2nc3ccc(NC(C)=O)cc3o2)c1. The van der Waals surface area contributed by atoms with Gasteiger partial charge >= 0.3 is 6.01 Å². The van der Waals surface area contributed by atoms with E-state index in [4.69, 9.17) is 9.15 Å². The third-order valence-corrected chi connectivity index (χ3v) is 3.50. The molecule has 0 unspecified atom stereocenters. The largest absolute Gasteiger partial charge is 0.494 e. The van der Waals surface area contributed by atoms with E-state index in [1.807, 2.05) is 6.92 Å². The van der Waals surface area contributed by atoms with Crippen LogP contribution in [0.3, 0.4) is 0 Å². The van der Waals surface area contributed by atoms with E-state index in [1.165, 1.54) is 6.92 Å². The highest BCUT2D eigenvalue weighted by Crippen LogP contribution is 2.23. The average molecular weight is 353 g/mol. The second-order valence-electron chi connectivity index (χ2n) is 5.71. The average Bonchev–Trinajstić information content (AvgIpc) is 3.01. The lowest BCUT2D eigenvalue weighted by molar-refractivity contribution is -0.114. The fourth-order valence-corrected chi connectivity index (χ4v) is 2.38. The first-order valence-electron chi connectivity index (χ1n) is 8.27. The Bertz CT molecular complexity index is 949. The van der Waals surface area contributed by atoms with E-state index in [0.717, 1.165) is 6.42 Å². The van der Waals surface area contributed by atoms with E-state index >= 15 is 0 Å². The number of hydrogen-bond acceptors (Lipinski definition) is 5. The number of carbonyl (C=O) groups is 2. The van der Waals surface area contributed by atoms with Crippen LogP contribution >= 0.6 is 0 Å². The first-order valence-corrected chi connectivity index (χ1v) is 8.27. The number of amides is 2. The summed E-state index contributed by atoms with van der Waals surface area (Å²) in [5.74, 6) is 0.111. The van der Waals surface area contributed by atoms with Crippen molar-refractivity contribution in [3.05, 3.63) is 48.0 Å². The molecule has 0 saturated heterocycles. The molecule has 0 bridgehead atoms. The van der Waals surface area contributed by atoms with E-state index in [0.29, 0.717) is 34.7 Å². The molecular weight excluding hydrogens is 334 g/mol. The van der Waals surface area contributed by atoms with E-state index in [-0.39, 0.29) is 17.8 Å². The molecule has 0 fully saturated rings. The molecule has 0 aliphatic carbocycles. The van der Waals surface area contributed by atoms with Gasteiger partial charge in [-0.15, -0.1) is 0 Å². The van der Waals surface area contributed by atoms with Gasteiger partial charge in [-0.2, -0.15) is 4.98 Å². The van der Waals surface area contributed by atoms with Crippen LogP contribution in [0.4, 0.5) is 11.7 Å². The van der Waals surface area contributed by atoms with E-state index in [2.05, 4.69) is 15.6 Å². The van der Waals surface area contributed by atoms with Crippen molar-refractivity contribution in [1.29, 1.82) is 0 Å². The maximum Gasteiger partial charge on any atom is 0.302 e. The van der Waals surface area contributed by atoms with Crippen molar-refractivity contribution in [2.45, 2.75) is 20.3 Å². The Kier molecular flexibility index (Phi) is 5.17. The van der Waals surface area contributed by atoms with Gasteiger partial charge in [0.15, 0.2) is 5.58 Å². The molecule has 0 aliphatic heterocycles. The standard InChI is InChI=1S/C19H19N3O4/c1-3-9-25-15-6-4-5-13(10-15)18(24)22-19-21-16-8-7-14(20-12(2)23)11-17(16)26-19/h4-8,10-11H,3,9H2,1-2H3,(H,20,23)(H,21,22,24). The lowest BCUT2D eigenvalue weighted by Crippen LogP contribution is -2.12. The minimum absolute atomic E-state index is 0.0878. The lowest BCUT2D eigenvalue weighted by Gasteiger charge is -2.06. The molecule has 1 aromatic heterocycles. The Labute approximate surface area is 150 Å². The molecule has 3 rings (SSSR count). The zero-order chi connectivity index (χ0) is 18.5. The molecule has 0 spiro atoms. The molecule has 0 radical (unpaired) electrons. The predicted octanol–water partition coefficient (Wildman–Crippen LogP) is 3.83. The summed E-state index contributed by atoms with van der Waals surface area (Å²) in [4.78, 5) is 27.8. The first kappa shape index (κ1) is 17.5. The number of fused-ring (bicyclic) bond motifs is 1.